The van der Waals surface area contributed by atoms with Crippen LogP contribution >= 0.6 is 23.2 Å². The van der Waals surface area contributed by atoms with Gasteiger partial charge in [0.15, 0.2) is 0 Å². The standard InChI is InChI=1S/C14H20N2O3.CH2Cl2/c17-13(15-12-8-4-3-5-9-12)10-6-1-2-7-11-14(18)16-19;2-1-3/h3-5,8-9,19H,1-2,6-7,10-11H2,(H,15,17)(H,16,18);1H2. The summed E-state index contributed by atoms with van der Waals surface area (Å²) in [5.41, 5.74) is 2.41. The Morgan fingerprint density at radius 3 is 1.91 bits per heavy atom. The summed E-state index contributed by atoms with van der Waals surface area (Å²) in [4.78, 5) is 22.3. The van der Waals surface area contributed by atoms with Crippen LogP contribution in [0.5, 0.6) is 0 Å². The lowest BCUT2D eigenvalue weighted by Crippen LogP contribution is -2.17. The van der Waals surface area contributed by atoms with E-state index in [9.17, 15) is 9.59 Å². The van der Waals surface area contributed by atoms with E-state index in [0.29, 0.717) is 12.8 Å². The zero-order chi connectivity index (χ0) is 16.6. The fourth-order valence-corrected chi connectivity index (χ4v) is 1.73. The molecule has 2 amide bonds. The van der Waals surface area contributed by atoms with Crippen LogP contribution in [0.25, 0.3) is 0 Å². The molecule has 0 bridgehead atoms. The van der Waals surface area contributed by atoms with Crippen LogP contribution in [0.1, 0.15) is 38.5 Å². The Bertz CT molecular complexity index is 417. The third-order valence-electron chi connectivity index (χ3n) is 2.74. The predicted octanol–water partition coefficient (Wildman–Crippen LogP) is 3.89. The zero-order valence-corrected chi connectivity index (χ0v) is 13.9. The number of halogens is 2. The SMILES string of the molecule is ClCCl.O=C(CCCCCCC(=O)Nc1ccccc1)NO. The van der Waals surface area contributed by atoms with E-state index in [-0.39, 0.29) is 17.2 Å². The summed E-state index contributed by atoms with van der Waals surface area (Å²) in [6.07, 6.45) is 4.13. The van der Waals surface area contributed by atoms with E-state index in [2.05, 4.69) is 5.32 Å². The van der Waals surface area contributed by atoms with Crippen molar-refractivity contribution >= 4 is 40.7 Å². The fraction of sp³-hybridized carbons (Fsp3) is 0.467. The average molecular weight is 349 g/mol. The number of hydrogen-bond donors (Lipinski definition) is 3. The molecule has 1 rings (SSSR count). The Hall–Kier alpha value is -1.30. The number of benzene rings is 1. The van der Waals surface area contributed by atoms with Gasteiger partial charge in [0, 0.05) is 18.5 Å². The van der Waals surface area contributed by atoms with E-state index in [0.717, 1.165) is 31.4 Å². The van der Waals surface area contributed by atoms with Gasteiger partial charge in [0.25, 0.3) is 0 Å². The molecule has 0 aliphatic carbocycles. The highest BCUT2D eigenvalue weighted by Crippen LogP contribution is 2.09. The monoisotopic (exact) mass is 348 g/mol. The van der Waals surface area contributed by atoms with Crippen molar-refractivity contribution in [2.24, 2.45) is 0 Å². The number of amides is 2. The van der Waals surface area contributed by atoms with Crippen molar-refractivity contribution in [2.75, 3.05) is 10.7 Å². The van der Waals surface area contributed by atoms with Gasteiger partial charge in [-0.2, -0.15) is 0 Å². The molecule has 7 heteroatoms. The third kappa shape index (κ3) is 12.4. The molecular weight excluding hydrogens is 327 g/mol. The van der Waals surface area contributed by atoms with Crippen LogP contribution < -0.4 is 10.8 Å². The summed E-state index contributed by atoms with van der Waals surface area (Å²) in [5, 5.41) is 11.3. The summed E-state index contributed by atoms with van der Waals surface area (Å²) >= 11 is 9.53. The molecule has 0 atom stereocenters. The summed E-state index contributed by atoms with van der Waals surface area (Å²) < 4.78 is 0. The second-order valence-electron chi connectivity index (χ2n) is 4.46. The maximum absolute atomic E-state index is 11.6. The topological polar surface area (TPSA) is 78.4 Å². The number of anilines is 1. The van der Waals surface area contributed by atoms with Crippen LogP contribution in [0.15, 0.2) is 30.3 Å². The lowest BCUT2D eigenvalue weighted by atomic mass is 10.1. The van der Waals surface area contributed by atoms with E-state index >= 15 is 0 Å². The molecule has 22 heavy (non-hydrogen) atoms. The largest absolute Gasteiger partial charge is 0.326 e. The molecule has 5 nitrogen and oxygen atoms in total. The summed E-state index contributed by atoms with van der Waals surface area (Å²) in [6.45, 7) is 0. The maximum Gasteiger partial charge on any atom is 0.243 e. The molecule has 0 unspecified atom stereocenters. The molecule has 0 fully saturated rings. The Balaban J connectivity index is 0.00000135. The van der Waals surface area contributed by atoms with Crippen LogP contribution in [0, 0.1) is 0 Å². The van der Waals surface area contributed by atoms with E-state index in [1.807, 2.05) is 30.3 Å². The first-order valence-corrected chi connectivity index (χ1v) is 8.10. The van der Waals surface area contributed by atoms with E-state index in [4.69, 9.17) is 28.4 Å². The quantitative estimate of drug-likeness (QED) is 0.288. The lowest BCUT2D eigenvalue weighted by Gasteiger charge is -2.04. The van der Waals surface area contributed by atoms with Gasteiger partial charge in [0.2, 0.25) is 11.8 Å². The van der Waals surface area contributed by atoms with Gasteiger partial charge in [0.1, 0.15) is 0 Å². The van der Waals surface area contributed by atoms with Gasteiger partial charge in [-0.15, -0.1) is 23.2 Å². The molecule has 1 aromatic carbocycles. The van der Waals surface area contributed by atoms with Crippen molar-refractivity contribution in [3.8, 4) is 0 Å². The van der Waals surface area contributed by atoms with E-state index in [1.165, 1.54) is 0 Å². The van der Waals surface area contributed by atoms with Crippen LogP contribution in [0.3, 0.4) is 0 Å². The minimum Gasteiger partial charge on any atom is -0.326 e. The van der Waals surface area contributed by atoms with Gasteiger partial charge < -0.3 is 5.32 Å². The molecular formula is C15H22Cl2N2O3. The fourth-order valence-electron chi connectivity index (χ4n) is 1.73. The molecule has 0 spiro atoms. The number of carbonyl (C=O) groups is 2. The van der Waals surface area contributed by atoms with Crippen molar-refractivity contribution < 1.29 is 14.8 Å². The number of nitrogens with one attached hydrogen (secondary N) is 2. The summed E-state index contributed by atoms with van der Waals surface area (Å²) in [6, 6.07) is 9.36. The first-order valence-electron chi connectivity index (χ1n) is 7.03. The molecule has 0 aromatic heterocycles. The Morgan fingerprint density at radius 2 is 1.41 bits per heavy atom. The molecule has 0 saturated carbocycles. The second kappa shape index (κ2) is 14.6. The first-order chi connectivity index (χ1) is 10.6. The number of hydrogen-bond acceptors (Lipinski definition) is 3. The maximum atomic E-state index is 11.6. The van der Waals surface area contributed by atoms with Crippen molar-refractivity contribution in [2.45, 2.75) is 38.5 Å². The van der Waals surface area contributed by atoms with Gasteiger partial charge in [-0.1, -0.05) is 31.0 Å². The molecule has 3 N–H and O–H groups in total. The lowest BCUT2D eigenvalue weighted by molar-refractivity contribution is -0.129. The average Bonchev–Trinajstić information content (AvgIpc) is 2.52. The van der Waals surface area contributed by atoms with Gasteiger partial charge in [-0.05, 0) is 25.0 Å². The third-order valence-corrected chi connectivity index (χ3v) is 2.74. The van der Waals surface area contributed by atoms with Crippen LogP contribution in [0.4, 0.5) is 5.69 Å². The number of carbonyl (C=O) groups excluding carboxylic acids is 2. The number of para-hydroxylation sites is 1. The molecule has 0 heterocycles. The molecule has 0 aliphatic heterocycles. The van der Waals surface area contributed by atoms with Crippen molar-refractivity contribution in [1.29, 1.82) is 0 Å². The van der Waals surface area contributed by atoms with E-state index in [1.54, 1.807) is 5.48 Å². The van der Waals surface area contributed by atoms with Crippen LogP contribution in [-0.4, -0.2) is 22.4 Å². The normalized spacial score (nSPS) is 9.41. The van der Waals surface area contributed by atoms with Gasteiger partial charge >= 0.3 is 0 Å². The highest BCUT2D eigenvalue weighted by molar-refractivity contribution is 6.40. The van der Waals surface area contributed by atoms with Crippen molar-refractivity contribution in [3.63, 3.8) is 0 Å². The van der Waals surface area contributed by atoms with Gasteiger partial charge in [0.05, 0.1) is 5.34 Å². The zero-order valence-electron chi connectivity index (χ0n) is 12.4. The summed E-state index contributed by atoms with van der Waals surface area (Å²) in [7, 11) is 0. The van der Waals surface area contributed by atoms with E-state index < -0.39 is 0 Å². The highest BCUT2D eigenvalue weighted by atomic mass is 35.5. The van der Waals surface area contributed by atoms with Crippen LogP contribution in [0.2, 0.25) is 0 Å². The molecule has 0 radical (unpaired) electrons. The second-order valence-corrected chi connectivity index (χ2v) is 5.27. The molecule has 0 saturated heterocycles. The number of unbranched alkanes of at least 4 members (excludes halogenated alkanes) is 3. The molecule has 124 valence electrons. The number of hydroxylamine groups is 1. The Morgan fingerprint density at radius 1 is 0.909 bits per heavy atom. The first kappa shape index (κ1) is 20.7. The van der Waals surface area contributed by atoms with Crippen molar-refractivity contribution in [1.82, 2.24) is 5.48 Å². The van der Waals surface area contributed by atoms with Crippen LogP contribution in [-0.2, 0) is 9.59 Å². The Kier molecular flexibility index (Phi) is 13.8. The smallest absolute Gasteiger partial charge is 0.243 e. The minimum atomic E-state index is -0.359. The van der Waals surface area contributed by atoms with Gasteiger partial charge in [-0.3, -0.25) is 14.8 Å². The Labute approximate surface area is 140 Å². The number of alkyl halides is 2. The molecule has 1 aromatic rings. The minimum absolute atomic E-state index is 0.0132. The number of rotatable bonds is 8. The summed E-state index contributed by atoms with van der Waals surface area (Å²) in [5.74, 6) is -0.346. The van der Waals surface area contributed by atoms with Crippen molar-refractivity contribution in [3.05, 3.63) is 30.3 Å². The van der Waals surface area contributed by atoms with Gasteiger partial charge in [-0.25, -0.2) is 5.48 Å². The molecule has 0 aliphatic rings. The predicted molar refractivity (Wildman–Crippen MR) is 89.3 cm³/mol. The highest BCUT2D eigenvalue weighted by Gasteiger charge is 2.02.